The molecule has 0 bridgehead atoms. The molecule has 2 aromatic rings. The first-order chi connectivity index (χ1) is 10.9. The SMILES string of the molecule is CCc1nc(SCC(=O)Nc2cccc(C)c2C)[nH]c(=O)c1C. The maximum atomic E-state index is 12.1. The van der Waals surface area contributed by atoms with E-state index in [4.69, 9.17) is 0 Å². The van der Waals surface area contributed by atoms with Crippen LogP contribution < -0.4 is 10.9 Å². The van der Waals surface area contributed by atoms with E-state index in [1.165, 1.54) is 11.8 Å². The van der Waals surface area contributed by atoms with E-state index < -0.39 is 0 Å². The van der Waals surface area contributed by atoms with Gasteiger partial charge in [0.2, 0.25) is 5.91 Å². The van der Waals surface area contributed by atoms with E-state index in [2.05, 4.69) is 15.3 Å². The predicted molar refractivity (Wildman–Crippen MR) is 94.2 cm³/mol. The zero-order valence-electron chi connectivity index (χ0n) is 13.8. The molecule has 0 saturated carbocycles. The summed E-state index contributed by atoms with van der Waals surface area (Å²) in [5.74, 6) is 0.0766. The summed E-state index contributed by atoms with van der Waals surface area (Å²) in [7, 11) is 0. The molecule has 2 N–H and O–H groups in total. The molecule has 122 valence electrons. The Bertz CT molecular complexity index is 784. The number of benzene rings is 1. The van der Waals surface area contributed by atoms with E-state index >= 15 is 0 Å². The van der Waals surface area contributed by atoms with Crippen molar-refractivity contribution in [2.24, 2.45) is 0 Å². The highest BCUT2D eigenvalue weighted by atomic mass is 32.2. The smallest absolute Gasteiger partial charge is 0.254 e. The molecule has 0 aliphatic carbocycles. The van der Waals surface area contributed by atoms with Crippen LogP contribution in [0.2, 0.25) is 0 Å². The molecule has 5 nitrogen and oxygen atoms in total. The number of nitrogens with one attached hydrogen (secondary N) is 2. The number of thioether (sulfide) groups is 1. The second-order valence-corrected chi connectivity index (χ2v) is 6.34. The van der Waals surface area contributed by atoms with Crippen molar-refractivity contribution in [3.8, 4) is 0 Å². The first-order valence-electron chi connectivity index (χ1n) is 7.51. The van der Waals surface area contributed by atoms with Gasteiger partial charge in [-0.15, -0.1) is 0 Å². The molecule has 23 heavy (non-hydrogen) atoms. The minimum Gasteiger partial charge on any atom is -0.325 e. The van der Waals surface area contributed by atoms with Crippen molar-refractivity contribution in [2.45, 2.75) is 39.3 Å². The van der Waals surface area contributed by atoms with Gasteiger partial charge in [-0.2, -0.15) is 0 Å². The molecule has 0 saturated heterocycles. The van der Waals surface area contributed by atoms with E-state index in [0.717, 1.165) is 22.5 Å². The summed E-state index contributed by atoms with van der Waals surface area (Å²) in [5, 5.41) is 3.38. The third-order valence-corrected chi connectivity index (χ3v) is 4.66. The van der Waals surface area contributed by atoms with E-state index in [-0.39, 0.29) is 17.2 Å². The van der Waals surface area contributed by atoms with Crippen molar-refractivity contribution in [1.29, 1.82) is 0 Å². The summed E-state index contributed by atoms with van der Waals surface area (Å²) in [6, 6.07) is 5.80. The number of nitrogens with zero attached hydrogens (tertiary/aromatic N) is 1. The molecule has 0 unspecified atom stereocenters. The summed E-state index contributed by atoms with van der Waals surface area (Å²) in [4.78, 5) is 31.0. The summed E-state index contributed by atoms with van der Waals surface area (Å²) >= 11 is 1.23. The minimum absolute atomic E-state index is 0.120. The maximum Gasteiger partial charge on any atom is 0.254 e. The first-order valence-corrected chi connectivity index (χ1v) is 8.49. The van der Waals surface area contributed by atoms with Crippen molar-refractivity contribution in [1.82, 2.24) is 9.97 Å². The number of aryl methyl sites for hydroxylation is 2. The van der Waals surface area contributed by atoms with Gasteiger partial charge in [0.1, 0.15) is 0 Å². The van der Waals surface area contributed by atoms with Crippen molar-refractivity contribution >= 4 is 23.4 Å². The fraction of sp³-hybridized carbons (Fsp3) is 0.353. The van der Waals surface area contributed by atoms with Crippen LogP contribution in [0.1, 0.15) is 29.3 Å². The quantitative estimate of drug-likeness (QED) is 0.652. The monoisotopic (exact) mass is 331 g/mol. The normalized spacial score (nSPS) is 10.6. The molecule has 1 aromatic heterocycles. The van der Waals surface area contributed by atoms with Crippen LogP contribution in [0.4, 0.5) is 5.69 Å². The van der Waals surface area contributed by atoms with Crippen LogP contribution in [-0.4, -0.2) is 21.6 Å². The fourth-order valence-electron chi connectivity index (χ4n) is 2.18. The average molecular weight is 331 g/mol. The highest BCUT2D eigenvalue weighted by Crippen LogP contribution is 2.19. The summed E-state index contributed by atoms with van der Waals surface area (Å²) < 4.78 is 0. The number of hydrogen-bond acceptors (Lipinski definition) is 4. The molecule has 1 aromatic carbocycles. The van der Waals surface area contributed by atoms with Gasteiger partial charge >= 0.3 is 0 Å². The molecule has 2 rings (SSSR count). The van der Waals surface area contributed by atoms with Crippen molar-refractivity contribution in [3.63, 3.8) is 0 Å². The molecule has 1 amide bonds. The second-order valence-electron chi connectivity index (χ2n) is 5.38. The Morgan fingerprint density at radius 1 is 1.26 bits per heavy atom. The Kier molecular flexibility index (Phi) is 5.60. The Labute approximate surface area is 139 Å². The van der Waals surface area contributed by atoms with Gasteiger partial charge in [0.15, 0.2) is 5.16 Å². The van der Waals surface area contributed by atoms with Crippen molar-refractivity contribution in [3.05, 3.63) is 50.9 Å². The van der Waals surface area contributed by atoms with Crippen LogP contribution in [-0.2, 0) is 11.2 Å². The molecule has 0 atom stereocenters. The van der Waals surface area contributed by atoms with E-state index in [9.17, 15) is 9.59 Å². The topological polar surface area (TPSA) is 74.8 Å². The zero-order valence-corrected chi connectivity index (χ0v) is 14.6. The lowest BCUT2D eigenvalue weighted by atomic mass is 10.1. The largest absolute Gasteiger partial charge is 0.325 e. The van der Waals surface area contributed by atoms with Crippen LogP contribution in [0.25, 0.3) is 0 Å². The van der Waals surface area contributed by atoms with Gasteiger partial charge < -0.3 is 10.3 Å². The number of carbonyl (C=O) groups is 1. The Hall–Kier alpha value is -2.08. The summed E-state index contributed by atoms with van der Waals surface area (Å²) in [6.45, 7) is 7.69. The predicted octanol–water partition coefficient (Wildman–Crippen LogP) is 2.99. The van der Waals surface area contributed by atoms with Gasteiger partial charge in [0.05, 0.1) is 11.4 Å². The van der Waals surface area contributed by atoms with Gasteiger partial charge in [-0.25, -0.2) is 4.98 Å². The van der Waals surface area contributed by atoms with E-state index in [1.807, 2.05) is 39.0 Å². The number of hydrogen-bond donors (Lipinski definition) is 2. The van der Waals surface area contributed by atoms with Gasteiger partial charge in [-0.3, -0.25) is 9.59 Å². The van der Waals surface area contributed by atoms with Gasteiger partial charge in [0.25, 0.3) is 5.56 Å². The number of carbonyl (C=O) groups excluding carboxylic acids is 1. The van der Waals surface area contributed by atoms with Gasteiger partial charge in [0, 0.05) is 11.3 Å². The molecule has 0 radical (unpaired) electrons. The van der Waals surface area contributed by atoms with Crippen LogP contribution in [0.3, 0.4) is 0 Å². The van der Waals surface area contributed by atoms with Crippen LogP contribution in [0.15, 0.2) is 28.2 Å². The number of H-pyrrole nitrogens is 1. The lowest BCUT2D eigenvalue weighted by Gasteiger charge is -2.10. The lowest BCUT2D eigenvalue weighted by Crippen LogP contribution is -2.18. The Balaban J connectivity index is 2.04. The van der Waals surface area contributed by atoms with Gasteiger partial charge in [-0.1, -0.05) is 30.8 Å². The maximum absolute atomic E-state index is 12.1. The standard InChI is InChI=1S/C17H21N3O2S/c1-5-13-12(4)16(22)20-17(19-13)23-9-15(21)18-14-8-6-7-10(2)11(14)3/h6-8H,5,9H2,1-4H3,(H,18,21)(H,19,20,22). The molecule has 6 heteroatoms. The molecular weight excluding hydrogens is 310 g/mol. The van der Waals surface area contributed by atoms with E-state index in [1.54, 1.807) is 6.92 Å². The first kappa shape index (κ1) is 17.3. The minimum atomic E-state index is -0.144. The highest BCUT2D eigenvalue weighted by Gasteiger charge is 2.10. The third-order valence-electron chi connectivity index (χ3n) is 3.78. The van der Waals surface area contributed by atoms with Crippen LogP contribution >= 0.6 is 11.8 Å². The number of rotatable bonds is 5. The fourth-order valence-corrected chi connectivity index (χ4v) is 2.86. The molecular formula is C17H21N3O2S. The zero-order chi connectivity index (χ0) is 17.0. The molecule has 0 fully saturated rings. The summed E-state index contributed by atoms with van der Waals surface area (Å²) in [6.07, 6.45) is 0.692. The van der Waals surface area contributed by atoms with Crippen molar-refractivity contribution < 1.29 is 4.79 Å². The number of aromatic nitrogens is 2. The average Bonchev–Trinajstić information content (AvgIpc) is 2.52. The molecule has 0 aliphatic rings. The number of aromatic amines is 1. The second kappa shape index (κ2) is 7.46. The highest BCUT2D eigenvalue weighted by molar-refractivity contribution is 7.99. The Morgan fingerprint density at radius 3 is 2.70 bits per heavy atom. The molecule has 0 aliphatic heterocycles. The molecule has 0 spiro atoms. The van der Waals surface area contributed by atoms with Crippen LogP contribution in [0, 0.1) is 20.8 Å². The lowest BCUT2D eigenvalue weighted by molar-refractivity contribution is -0.113. The van der Waals surface area contributed by atoms with Crippen molar-refractivity contribution in [2.75, 3.05) is 11.1 Å². The molecule has 1 heterocycles. The Morgan fingerprint density at radius 2 is 2.00 bits per heavy atom. The number of amides is 1. The number of anilines is 1. The third kappa shape index (κ3) is 4.22. The van der Waals surface area contributed by atoms with Crippen LogP contribution in [0.5, 0.6) is 0 Å². The van der Waals surface area contributed by atoms with Gasteiger partial charge in [-0.05, 0) is 44.4 Å². The van der Waals surface area contributed by atoms with E-state index in [0.29, 0.717) is 17.1 Å². The summed E-state index contributed by atoms with van der Waals surface area (Å²) in [5.41, 5.74) is 4.26.